The number of aliphatic imine (C=N–C) groups is 1. The van der Waals surface area contributed by atoms with Crippen LogP contribution in [-0.2, 0) is 16.0 Å². The van der Waals surface area contributed by atoms with Gasteiger partial charge in [-0.3, -0.25) is 4.79 Å². The second-order valence-electron chi connectivity index (χ2n) is 9.86. The second kappa shape index (κ2) is 13.3. The lowest BCUT2D eigenvalue weighted by molar-refractivity contribution is -0.126. The number of methoxy groups -OCH3 is 1. The van der Waals surface area contributed by atoms with E-state index in [4.69, 9.17) is 9.73 Å². The number of aromatic nitrogens is 1. The zero-order valence-corrected chi connectivity index (χ0v) is 23.1. The summed E-state index contributed by atoms with van der Waals surface area (Å²) in [4.78, 5) is 22.6. The molecule has 2 aromatic rings. The number of unbranched alkanes of at least 4 members (excludes halogenated alkanes) is 1. The first kappa shape index (κ1) is 28.4. The Kier molecular flexibility index (Phi) is 10.8. The van der Waals surface area contributed by atoms with Crippen molar-refractivity contribution in [3.8, 4) is 0 Å². The number of allylic oxidation sites excluding steroid dienone is 3. The van der Waals surface area contributed by atoms with Crippen molar-refractivity contribution in [3.05, 3.63) is 59.3 Å². The number of fused-ring (bicyclic) bond motifs is 1. The van der Waals surface area contributed by atoms with Gasteiger partial charge in [-0.1, -0.05) is 44.9 Å². The van der Waals surface area contributed by atoms with Crippen molar-refractivity contribution in [3.63, 3.8) is 0 Å². The Hall–Kier alpha value is -2.82. The molecule has 1 aliphatic rings. The minimum absolute atomic E-state index is 0.196. The van der Waals surface area contributed by atoms with Crippen LogP contribution in [0.4, 0.5) is 0 Å². The van der Waals surface area contributed by atoms with E-state index < -0.39 is 0 Å². The fourth-order valence-corrected chi connectivity index (χ4v) is 4.71. The molecule has 1 fully saturated rings. The number of ketones is 1. The Morgan fingerprint density at radius 2 is 1.89 bits per heavy atom. The lowest BCUT2D eigenvalue weighted by atomic mass is 9.78. The van der Waals surface area contributed by atoms with Crippen LogP contribution in [0, 0.1) is 5.41 Å². The molecule has 0 aliphatic carbocycles. The normalized spacial score (nSPS) is 18.3. The molecule has 1 N–H and O–H groups in total. The molecule has 0 spiro atoms. The SMILES string of the molecule is CCCC[C@@]1(C(C)=O)CCN(C(/N=C(C)\C=C(/C)OC)=C(C)C)C1.CCc1c[nH]c2ccccc12. The lowest BCUT2D eigenvalue weighted by Crippen LogP contribution is -2.33. The number of para-hydroxylation sites is 1. The number of likely N-dealkylation sites (tertiary alicyclic amines) is 1. The molecule has 0 saturated carbocycles. The smallest absolute Gasteiger partial charge is 0.137 e. The van der Waals surface area contributed by atoms with Gasteiger partial charge < -0.3 is 14.6 Å². The van der Waals surface area contributed by atoms with Gasteiger partial charge in [0.05, 0.1) is 12.9 Å². The van der Waals surface area contributed by atoms with Gasteiger partial charge in [-0.25, -0.2) is 4.99 Å². The van der Waals surface area contributed by atoms with Crippen molar-refractivity contribution in [2.24, 2.45) is 10.4 Å². The molecule has 3 rings (SSSR count). The number of carbonyl (C=O) groups is 1. The summed E-state index contributed by atoms with van der Waals surface area (Å²) in [6.07, 6.45) is 9.28. The maximum Gasteiger partial charge on any atom is 0.137 e. The van der Waals surface area contributed by atoms with Crippen LogP contribution in [0.5, 0.6) is 0 Å². The minimum Gasteiger partial charge on any atom is -0.501 e. The molecule has 5 heteroatoms. The first-order valence-corrected chi connectivity index (χ1v) is 12.9. The van der Waals surface area contributed by atoms with Gasteiger partial charge in [-0.2, -0.15) is 0 Å². The molecule has 2 heterocycles. The van der Waals surface area contributed by atoms with Crippen LogP contribution in [0.2, 0.25) is 0 Å². The number of ether oxygens (including phenoxy) is 1. The molecule has 0 radical (unpaired) electrons. The van der Waals surface area contributed by atoms with Crippen molar-refractivity contribution >= 4 is 22.4 Å². The van der Waals surface area contributed by atoms with Crippen molar-refractivity contribution in [1.82, 2.24) is 9.88 Å². The summed E-state index contributed by atoms with van der Waals surface area (Å²) in [6, 6.07) is 8.40. The molecular formula is C30H45N3O2. The summed E-state index contributed by atoms with van der Waals surface area (Å²) in [6.45, 7) is 15.9. The van der Waals surface area contributed by atoms with E-state index in [1.807, 2.05) is 19.9 Å². The number of nitrogens with one attached hydrogen (secondary N) is 1. The highest BCUT2D eigenvalue weighted by Gasteiger charge is 2.42. The number of benzene rings is 1. The predicted octanol–water partition coefficient (Wildman–Crippen LogP) is 7.45. The number of aryl methyl sites for hydroxylation is 1. The third-order valence-electron chi connectivity index (χ3n) is 6.93. The quantitative estimate of drug-likeness (QED) is 0.300. The van der Waals surface area contributed by atoms with Crippen molar-refractivity contribution < 1.29 is 9.53 Å². The molecule has 1 aliphatic heterocycles. The van der Waals surface area contributed by atoms with Crippen molar-refractivity contribution in [2.45, 2.75) is 80.6 Å². The van der Waals surface area contributed by atoms with Gasteiger partial charge in [-0.15, -0.1) is 0 Å². The Labute approximate surface area is 212 Å². The fourth-order valence-electron chi connectivity index (χ4n) is 4.71. The number of hydrogen-bond donors (Lipinski definition) is 1. The van der Waals surface area contributed by atoms with Gasteiger partial charge in [0, 0.05) is 41.3 Å². The number of hydrogen-bond acceptors (Lipinski definition) is 4. The van der Waals surface area contributed by atoms with Crippen LogP contribution in [0.3, 0.4) is 0 Å². The number of aromatic amines is 1. The summed E-state index contributed by atoms with van der Waals surface area (Å²) in [5.41, 5.74) is 4.54. The average molecular weight is 480 g/mol. The summed E-state index contributed by atoms with van der Waals surface area (Å²) >= 11 is 0. The van der Waals surface area contributed by atoms with Gasteiger partial charge in [0.25, 0.3) is 0 Å². The standard InChI is InChI=1S/C20H34N2O2.C10H11N/c1-8-9-10-20(18(6)23)11-12-22(14-20)19(15(2)3)21-16(4)13-17(5)24-7;1-2-8-7-11-10-6-4-3-5-9(8)10/h13H,8-12,14H2,1-7H3;3-7,11H,2H2,1H3/b17-13+,21-16-;/t20-;/m1./s1. The first-order valence-electron chi connectivity index (χ1n) is 12.9. The van der Waals surface area contributed by atoms with E-state index >= 15 is 0 Å². The van der Waals surface area contributed by atoms with Crippen LogP contribution < -0.4 is 0 Å². The molecular weight excluding hydrogens is 434 g/mol. The Morgan fingerprint density at radius 1 is 1.17 bits per heavy atom. The third-order valence-corrected chi connectivity index (χ3v) is 6.93. The Morgan fingerprint density at radius 3 is 2.49 bits per heavy atom. The molecule has 0 unspecified atom stereocenters. The number of rotatable bonds is 9. The maximum atomic E-state index is 12.3. The highest BCUT2D eigenvalue weighted by Crippen LogP contribution is 2.39. The van der Waals surface area contributed by atoms with Gasteiger partial charge >= 0.3 is 0 Å². The van der Waals surface area contributed by atoms with Gasteiger partial charge in [0.1, 0.15) is 11.6 Å². The van der Waals surface area contributed by atoms with Crippen LogP contribution in [0.1, 0.15) is 79.7 Å². The molecule has 1 atom stereocenters. The van der Waals surface area contributed by atoms with E-state index in [9.17, 15) is 4.79 Å². The van der Waals surface area contributed by atoms with Gasteiger partial charge in [-0.05, 0) is 77.2 Å². The van der Waals surface area contributed by atoms with Crippen LogP contribution in [0.15, 0.2) is 58.7 Å². The summed E-state index contributed by atoms with van der Waals surface area (Å²) in [5.74, 6) is 2.15. The first-order chi connectivity index (χ1) is 16.7. The molecule has 0 bridgehead atoms. The maximum absolute atomic E-state index is 12.3. The average Bonchev–Trinajstić information content (AvgIpc) is 3.46. The van der Waals surface area contributed by atoms with Gasteiger partial charge in [0.15, 0.2) is 0 Å². The summed E-state index contributed by atoms with van der Waals surface area (Å²) in [7, 11) is 1.66. The largest absolute Gasteiger partial charge is 0.501 e. The van der Waals surface area contributed by atoms with Crippen LogP contribution >= 0.6 is 0 Å². The van der Waals surface area contributed by atoms with Gasteiger partial charge in [0.2, 0.25) is 0 Å². The van der Waals surface area contributed by atoms with E-state index in [-0.39, 0.29) is 5.41 Å². The topological polar surface area (TPSA) is 57.7 Å². The highest BCUT2D eigenvalue weighted by atomic mass is 16.5. The van der Waals surface area contributed by atoms with E-state index in [1.54, 1.807) is 14.0 Å². The molecule has 5 nitrogen and oxygen atoms in total. The van der Waals surface area contributed by atoms with Crippen LogP contribution in [-0.4, -0.2) is 41.6 Å². The minimum atomic E-state index is -0.196. The molecule has 35 heavy (non-hydrogen) atoms. The second-order valence-corrected chi connectivity index (χ2v) is 9.86. The number of H-pyrrole nitrogens is 1. The zero-order valence-electron chi connectivity index (χ0n) is 23.1. The van der Waals surface area contributed by atoms with Crippen LogP contribution in [0.25, 0.3) is 10.9 Å². The number of nitrogens with zero attached hydrogens (tertiary/aromatic N) is 2. The van der Waals surface area contributed by atoms with E-state index in [1.165, 1.54) is 22.0 Å². The van der Waals surface area contributed by atoms with E-state index in [0.29, 0.717) is 5.78 Å². The molecule has 0 amide bonds. The molecule has 1 aromatic carbocycles. The Bertz CT molecular complexity index is 1070. The summed E-state index contributed by atoms with van der Waals surface area (Å²) < 4.78 is 5.20. The van der Waals surface area contributed by atoms with E-state index in [0.717, 1.165) is 62.5 Å². The van der Waals surface area contributed by atoms with Crippen molar-refractivity contribution in [1.29, 1.82) is 0 Å². The predicted molar refractivity (Wildman–Crippen MR) is 149 cm³/mol. The summed E-state index contributed by atoms with van der Waals surface area (Å²) in [5, 5.41) is 1.36. The third kappa shape index (κ3) is 7.58. The zero-order chi connectivity index (χ0) is 26.0. The lowest BCUT2D eigenvalue weighted by Gasteiger charge is -2.28. The highest BCUT2D eigenvalue weighted by molar-refractivity contribution is 5.93. The molecule has 1 aromatic heterocycles. The van der Waals surface area contributed by atoms with E-state index in [2.05, 4.69) is 68.0 Å². The molecule has 1 saturated heterocycles. The monoisotopic (exact) mass is 479 g/mol. The number of carbonyl (C=O) groups excluding carboxylic acids is 1. The number of Topliss-reactive ketones (excluding diaryl/α,β-unsaturated/α-hetero) is 1. The van der Waals surface area contributed by atoms with Crippen molar-refractivity contribution in [2.75, 3.05) is 20.2 Å². The molecule has 192 valence electrons. The fraction of sp³-hybridized carbons (Fsp3) is 0.533. The Balaban J connectivity index is 0.000000322.